The van der Waals surface area contributed by atoms with Gasteiger partial charge >= 0.3 is 0 Å². The van der Waals surface area contributed by atoms with Gasteiger partial charge in [-0.1, -0.05) is 84.9 Å². The Morgan fingerprint density at radius 3 is 1.78 bits per heavy atom. The molecule has 0 bridgehead atoms. The summed E-state index contributed by atoms with van der Waals surface area (Å²) in [5.74, 6) is 3.60. The first-order valence-electron chi connectivity index (χ1n) is 8.77. The highest BCUT2D eigenvalue weighted by atomic mass is 16.2. The van der Waals surface area contributed by atoms with E-state index in [1.54, 1.807) is 18.2 Å². The Morgan fingerprint density at radius 2 is 1.26 bits per heavy atom. The first-order chi connectivity index (χ1) is 13.2. The number of ketones is 2. The molecule has 0 amide bonds. The Hall–Kier alpha value is -3.53. The fourth-order valence-corrected chi connectivity index (χ4v) is 3.74. The number of carbonyl (C=O) groups excluding carboxylic acids is 2. The molecule has 1 aliphatic carbocycles. The molecule has 27 heavy (non-hydrogen) atoms. The maximum absolute atomic E-state index is 13.6. The van der Waals surface area contributed by atoms with Crippen molar-refractivity contribution in [1.82, 2.24) is 0 Å². The van der Waals surface area contributed by atoms with Crippen LogP contribution in [0.15, 0.2) is 90.0 Å². The zero-order chi connectivity index (χ0) is 18.8. The van der Waals surface area contributed by atoms with E-state index < -0.39 is 11.8 Å². The Morgan fingerprint density at radius 1 is 0.778 bits per heavy atom. The minimum atomic E-state index is -0.988. The smallest absolute Gasteiger partial charge is 0.180 e. The third-order valence-corrected chi connectivity index (χ3v) is 4.98. The Labute approximate surface area is 157 Å². The second-order valence-corrected chi connectivity index (χ2v) is 6.51. The number of Topliss-reactive ketones (excluding diaryl/α,β-unsaturated/α-hetero) is 2. The predicted octanol–water partition coefficient (Wildman–Crippen LogP) is 3.56. The van der Waals surface area contributed by atoms with Crippen molar-refractivity contribution in [2.45, 2.75) is 5.92 Å². The maximum Gasteiger partial charge on any atom is 0.180 e. The van der Waals surface area contributed by atoms with E-state index in [9.17, 15) is 9.59 Å². The van der Waals surface area contributed by atoms with Crippen LogP contribution in [0.25, 0.3) is 0 Å². The molecule has 0 heterocycles. The number of nitrogens with zero attached hydrogens (tertiary/aromatic N) is 1. The van der Waals surface area contributed by atoms with Crippen LogP contribution < -0.4 is 5.84 Å². The summed E-state index contributed by atoms with van der Waals surface area (Å²) in [6.07, 6.45) is 0. The molecule has 132 valence electrons. The summed E-state index contributed by atoms with van der Waals surface area (Å²) in [6.45, 7) is 0. The zero-order valence-electron chi connectivity index (χ0n) is 14.6. The molecule has 3 aromatic rings. The average molecular weight is 354 g/mol. The molecule has 0 saturated heterocycles. The van der Waals surface area contributed by atoms with Gasteiger partial charge in [0.1, 0.15) is 5.92 Å². The average Bonchev–Trinajstić information content (AvgIpc) is 3.02. The van der Waals surface area contributed by atoms with E-state index in [0.717, 1.165) is 11.1 Å². The normalized spacial score (nSPS) is 17.3. The van der Waals surface area contributed by atoms with Gasteiger partial charge in [-0.05, 0) is 11.1 Å². The lowest BCUT2D eigenvalue weighted by atomic mass is 9.80. The van der Waals surface area contributed by atoms with E-state index >= 15 is 0 Å². The second-order valence-electron chi connectivity index (χ2n) is 6.51. The second kappa shape index (κ2) is 7.00. The summed E-state index contributed by atoms with van der Waals surface area (Å²) >= 11 is 0. The summed E-state index contributed by atoms with van der Waals surface area (Å²) in [7, 11) is 0. The van der Waals surface area contributed by atoms with E-state index in [1.165, 1.54) is 0 Å². The van der Waals surface area contributed by atoms with Gasteiger partial charge in [0, 0.05) is 11.1 Å². The largest absolute Gasteiger partial charge is 0.323 e. The lowest BCUT2D eigenvalue weighted by molar-refractivity contribution is -0.120. The third-order valence-electron chi connectivity index (χ3n) is 4.98. The molecule has 0 unspecified atom stereocenters. The summed E-state index contributed by atoms with van der Waals surface area (Å²) in [5.41, 5.74) is 3.17. The maximum atomic E-state index is 13.6. The number of hydrogen-bond acceptors (Lipinski definition) is 4. The molecule has 3 aromatic carbocycles. The molecule has 0 spiro atoms. The van der Waals surface area contributed by atoms with Crippen molar-refractivity contribution in [3.63, 3.8) is 0 Å². The van der Waals surface area contributed by atoms with E-state index in [-0.39, 0.29) is 11.6 Å². The molecular formula is C23H18N2O2. The lowest BCUT2D eigenvalue weighted by Gasteiger charge is -2.20. The van der Waals surface area contributed by atoms with Gasteiger partial charge in [0.05, 0.1) is 11.6 Å². The molecule has 1 atom stereocenters. The van der Waals surface area contributed by atoms with Crippen molar-refractivity contribution in [2.75, 3.05) is 0 Å². The van der Waals surface area contributed by atoms with Crippen LogP contribution in [0.2, 0.25) is 0 Å². The van der Waals surface area contributed by atoms with Crippen LogP contribution in [0.5, 0.6) is 0 Å². The van der Waals surface area contributed by atoms with Gasteiger partial charge < -0.3 is 5.84 Å². The van der Waals surface area contributed by atoms with E-state index in [4.69, 9.17) is 5.84 Å². The van der Waals surface area contributed by atoms with Gasteiger partial charge in [-0.15, -0.1) is 0 Å². The highest BCUT2D eigenvalue weighted by Crippen LogP contribution is 2.35. The van der Waals surface area contributed by atoms with E-state index in [2.05, 4.69) is 5.10 Å². The number of hydrazone groups is 1. The van der Waals surface area contributed by atoms with Crippen molar-refractivity contribution in [3.05, 3.63) is 107 Å². The first-order valence-corrected chi connectivity index (χ1v) is 8.77. The minimum Gasteiger partial charge on any atom is -0.323 e. The van der Waals surface area contributed by atoms with Crippen LogP contribution in [0.4, 0.5) is 0 Å². The molecular weight excluding hydrogens is 336 g/mol. The molecule has 4 rings (SSSR count). The highest BCUT2D eigenvalue weighted by Gasteiger charge is 2.44. The Kier molecular flexibility index (Phi) is 4.38. The number of nitrogens with two attached hydrogens (primary N) is 1. The highest BCUT2D eigenvalue weighted by molar-refractivity contribution is 6.37. The third kappa shape index (κ3) is 2.85. The van der Waals surface area contributed by atoms with Crippen LogP contribution in [0.3, 0.4) is 0 Å². The van der Waals surface area contributed by atoms with Crippen molar-refractivity contribution in [3.8, 4) is 0 Å². The molecule has 2 N–H and O–H groups in total. The quantitative estimate of drug-likeness (QED) is 0.442. The monoisotopic (exact) mass is 354 g/mol. The summed E-state index contributed by atoms with van der Waals surface area (Å²) in [4.78, 5) is 26.7. The molecule has 4 nitrogen and oxygen atoms in total. The van der Waals surface area contributed by atoms with Crippen LogP contribution in [0.1, 0.15) is 33.0 Å². The summed E-state index contributed by atoms with van der Waals surface area (Å²) in [5, 5.41) is 3.83. The van der Waals surface area contributed by atoms with Crippen molar-refractivity contribution in [2.24, 2.45) is 16.9 Å². The molecule has 1 aliphatic rings. The lowest BCUT2D eigenvalue weighted by Crippen LogP contribution is -2.32. The van der Waals surface area contributed by atoms with E-state index in [0.29, 0.717) is 16.8 Å². The topological polar surface area (TPSA) is 72.5 Å². The Bertz CT molecular complexity index is 987. The zero-order valence-corrected chi connectivity index (χ0v) is 14.6. The first kappa shape index (κ1) is 16.9. The molecule has 0 saturated carbocycles. The van der Waals surface area contributed by atoms with Crippen LogP contribution in [-0.2, 0) is 4.79 Å². The van der Waals surface area contributed by atoms with Gasteiger partial charge in [-0.25, -0.2) is 0 Å². The predicted molar refractivity (Wildman–Crippen MR) is 105 cm³/mol. The van der Waals surface area contributed by atoms with Crippen LogP contribution in [0, 0.1) is 5.92 Å². The van der Waals surface area contributed by atoms with E-state index in [1.807, 2.05) is 66.7 Å². The van der Waals surface area contributed by atoms with Gasteiger partial charge in [0.15, 0.2) is 11.6 Å². The van der Waals surface area contributed by atoms with Crippen molar-refractivity contribution in [1.29, 1.82) is 0 Å². The standard InChI is InChI=1S/C23H18N2O2/c24-25-21-17-13-7-8-14-18(17)22(26)20(21)23(27)19(15-9-3-1-4-10-15)16-11-5-2-6-12-16/h1-14,19-20H,24H2/t20-/m0/s1. The Balaban J connectivity index is 1.83. The molecule has 0 aromatic heterocycles. The number of carbonyl (C=O) groups is 2. The van der Waals surface area contributed by atoms with Crippen LogP contribution >= 0.6 is 0 Å². The molecule has 4 heteroatoms. The fraction of sp³-hybridized carbons (Fsp3) is 0.0870. The van der Waals surface area contributed by atoms with Gasteiger partial charge in [0.25, 0.3) is 0 Å². The van der Waals surface area contributed by atoms with Crippen molar-refractivity contribution >= 4 is 17.3 Å². The van der Waals surface area contributed by atoms with Gasteiger partial charge in [-0.3, -0.25) is 9.59 Å². The van der Waals surface area contributed by atoms with Crippen molar-refractivity contribution < 1.29 is 9.59 Å². The number of rotatable bonds is 4. The number of benzene rings is 3. The molecule has 0 fully saturated rings. The molecule has 0 radical (unpaired) electrons. The SMILES string of the molecule is NN=C1c2ccccc2C(=O)[C@H]1C(=O)C(c1ccccc1)c1ccccc1. The fourth-order valence-electron chi connectivity index (χ4n) is 3.74. The van der Waals surface area contributed by atoms with Gasteiger partial charge in [-0.2, -0.15) is 5.10 Å². The molecule has 0 aliphatic heterocycles. The number of hydrogen-bond donors (Lipinski definition) is 1. The summed E-state index contributed by atoms with van der Waals surface area (Å²) < 4.78 is 0. The summed E-state index contributed by atoms with van der Waals surface area (Å²) in [6, 6.07) is 26.1. The number of fused-ring (bicyclic) bond motifs is 1. The van der Waals surface area contributed by atoms with Crippen LogP contribution in [-0.4, -0.2) is 17.3 Å². The van der Waals surface area contributed by atoms with Gasteiger partial charge in [0.2, 0.25) is 0 Å². The minimum absolute atomic E-state index is 0.210.